The minimum Gasteiger partial charge on any atom is -0.370 e. The normalized spacial score (nSPS) is 12.1. The van der Waals surface area contributed by atoms with E-state index in [-0.39, 0.29) is 21.6 Å². The summed E-state index contributed by atoms with van der Waals surface area (Å²) < 4.78 is 71.9. The van der Waals surface area contributed by atoms with Gasteiger partial charge >= 0.3 is 0 Å². The average Bonchev–Trinajstić information content (AvgIpc) is 2.85. The number of nitrogens with zero attached hydrogens (tertiary/aromatic N) is 4. The molecule has 0 unspecified atom stereocenters. The van der Waals surface area contributed by atoms with Crippen molar-refractivity contribution in [2.45, 2.75) is 15.8 Å². The topological polar surface area (TPSA) is 194 Å². The van der Waals surface area contributed by atoms with Crippen LogP contribution < -0.4 is 21.0 Å². The zero-order valence-corrected chi connectivity index (χ0v) is 23.3. The molecule has 18 heteroatoms. The van der Waals surface area contributed by atoms with Gasteiger partial charge in [0.2, 0.25) is 17.1 Å². The Morgan fingerprint density at radius 3 is 2.47 bits per heavy atom. The Bertz CT molecular complexity index is 1490. The van der Waals surface area contributed by atoms with E-state index >= 15 is 0 Å². The molecule has 0 amide bonds. The number of aromatic nitrogens is 3. The van der Waals surface area contributed by atoms with Crippen molar-refractivity contribution in [3.05, 3.63) is 35.9 Å². The van der Waals surface area contributed by atoms with Crippen molar-refractivity contribution in [1.29, 1.82) is 0 Å². The Kier molecular flexibility index (Phi) is 10.2. The third-order valence-corrected chi connectivity index (χ3v) is 7.20. The van der Waals surface area contributed by atoms with Gasteiger partial charge in [-0.2, -0.15) is 37.3 Å². The van der Waals surface area contributed by atoms with Gasteiger partial charge in [-0.25, -0.2) is 4.28 Å². The summed E-state index contributed by atoms with van der Waals surface area (Å²) in [6.45, 7) is 0.654. The van der Waals surface area contributed by atoms with E-state index in [4.69, 9.17) is 9.02 Å². The Morgan fingerprint density at radius 2 is 1.82 bits per heavy atom. The fourth-order valence-corrected chi connectivity index (χ4v) is 4.92. The van der Waals surface area contributed by atoms with Crippen LogP contribution in [0.3, 0.4) is 0 Å². The zero-order chi connectivity index (χ0) is 27.9. The highest BCUT2D eigenvalue weighted by atomic mass is 32.2. The van der Waals surface area contributed by atoms with Crippen LogP contribution in [0.15, 0.2) is 40.4 Å². The molecule has 15 nitrogen and oxygen atoms in total. The van der Waals surface area contributed by atoms with Crippen molar-refractivity contribution in [3.8, 4) is 0 Å². The molecule has 0 saturated heterocycles. The van der Waals surface area contributed by atoms with Crippen LogP contribution in [0.25, 0.3) is 10.8 Å². The fraction of sp³-hybridized carbons (Fsp3) is 0.350. The van der Waals surface area contributed by atoms with E-state index in [1.54, 1.807) is 44.3 Å². The molecular formula is C20H27N7O8S3. The summed E-state index contributed by atoms with van der Waals surface area (Å²) in [7, 11) is -2.53. The fourth-order valence-electron chi connectivity index (χ4n) is 3.11. The van der Waals surface area contributed by atoms with Crippen LogP contribution in [0, 0.1) is 0 Å². The number of hydrogen-bond donors (Lipinski definition) is 4. The van der Waals surface area contributed by atoms with Gasteiger partial charge in [0.1, 0.15) is 5.75 Å². The SMILES string of the molecule is COCNCNOSc1nc(Nc2ccc3cc(S(=O)(=O)OC)cc(CS(=O)(=O)O)c3c2)nc(N(C)C)n1. The number of ether oxygens (including phenoxy) is 1. The van der Waals surface area contributed by atoms with Gasteiger partial charge in [-0.3, -0.25) is 14.1 Å². The molecule has 2 aromatic carbocycles. The summed E-state index contributed by atoms with van der Waals surface area (Å²) in [6.07, 6.45) is 0. The molecule has 208 valence electrons. The third-order valence-electron chi connectivity index (χ3n) is 4.74. The first-order valence-corrected chi connectivity index (χ1v) is 14.5. The highest BCUT2D eigenvalue weighted by Gasteiger charge is 2.19. The summed E-state index contributed by atoms with van der Waals surface area (Å²) in [4.78, 5) is 14.4. The minimum atomic E-state index is -4.48. The second kappa shape index (κ2) is 12.9. The Hall–Kier alpha value is -2.68. The number of hydroxylamine groups is 1. The molecule has 0 fully saturated rings. The second-order valence-corrected chi connectivity index (χ2v) is 11.7. The van der Waals surface area contributed by atoms with Crippen molar-refractivity contribution in [3.63, 3.8) is 0 Å². The van der Waals surface area contributed by atoms with E-state index in [0.717, 1.165) is 25.2 Å². The first-order chi connectivity index (χ1) is 17.9. The number of hydrogen-bond acceptors (Lipinski definition) is 15. The molecule has 1 aromatic heterocycles. The maximum atomic E-state index is 12.2. The molecule has 3 aromatic rings. The van der Waals surface area contributed by atoms with Crippen molar-refractivity contribution in [2.24, 2.45) is 0 Å². The molecule has 0 aliphatic carbocycles. The highest BCUT2D eigenvalue weighted by molar-refractivity contribution is 7.94. The van der Waals surface area contributed by atoms with Crippen molar-refractivity contribution in [2.75, 3.05) is 51.9 Å². The predicted molar refractivity (Wildman–Crippen MR) is 141 cm³/mol. The minimum absolute atomic E-state index is 0.0618. The zero-order valence-electron chi connectivity index (χ0n) is 20.8. The van der Waals surface area contributed by atoms with Gasteiger partial charge < -0.3 is 15.0 Å². The average molecular weight is 590 g/mol. The molecule has 38 heavy (non-hydrogen) atoms. The summed E-state index contributed by atoms with van der Waals surface area (Å²) in [5.74, 6) is -0.295. The standard InChI is InChI=1S/C20H27N7O8S3/c1-27(2)19-24-18(25-20(26-19)36-35-22-11-21-12-33-3)23-15-6-5-13-7-16(38(31,32)34-4)8-14(17(13)9-15)10-37(28,29)30/h5-9,21-22H,10-12H2,1-4H3,(H,28,29,30)(H,23,24,25,26). The van der Waals surface area contributed by atoms with E-state index in [1.165, 1.54) is 6.07 Å². The van der Waals surface area contributed by atoms with Gasteiger partial charge in [-0.05, 0) is 40.6 Å². The number of rotatable bonds is 14. The van der Waals surface area contributed by atoms with Gasteiger partial charge in [0.25, 0.3) is 20.2 Å². The highest BCUT2D eigenvalue weighted by Crippen LogP contribution is 2.30. The molecule has 4 N–H and O–H groups in total. The molecule has 0 bridgehead atoms. The summed E-state index contributed by atoms with van der Waals surface area (Å²) in [6, 6.07) is 7.30. The molecule has 0 saturated carbocycles. The molecule has 0 aliphatic rings. The lowest BCUT2D eigenvalue weighted by molar-refractivity contribution is 0.148. The number of nitrogens with one attached hydrogen (secondary N) is 3. The first kappa shape index (κ1) is 29.9. The van der Waals surface area contributed by atoms with E-state index in [2.05, 4.69) is 35.2 Å². The van der Waals surface area contributed by atoms with E-state index in [0.29, 0.717) is 35.8 Å². The predicted octanol–water partition coefficient (Wildman–Crippen LogP) is 1.24. The van der Waals surface area contributed by atoms with Gasteiger partial charge in [0.15, 0.2) is 0 Å². The van der Waals surface area contributed by atoms with Crippen molar-refractivity contribution >= 4 is 60.6 Å². The second-order valence-electron chi connectivity index (χ2n) is 7.80. The Morgan fingerprint density at radius 1 is 1.05 bits per heavy atom. The first-order valence-electron chi connectivity index (χ1n) is 10.7. The summed E-state index contributed by atoms with van der Waals surface area (Å²) in [5.41, 5.74) is 3.19. The van der Waals surface area contributed by atoms with E-state index in [1.807, 2.05) is 0 Å². The van der Waals surface area contributed by atoms with Crippen LogP contribution >= 0.6 is 12.0 Å². The quantitative estimate of drug-likeness (QED) is 0.0523. The lowest BCUT2D eigenvalue weighted by Gasteiger charge is -2.14. The third kappa shape index (κ3) is 8.41. The van der Waals surface area contributed by atoms with Crippen molar-refractivity contribution < 1.29 is 34.6 Å². The molecule has 0 radical (unpaired) electrons. The molecule has 1 heterocycles. The van der Waals surface area contributed by atoms with Crippen LogP contribution in [-0.2, 0) is 39.2 Å². The molecule has 0 aliphatic heterocycles. The monoisotopic (exact) mass is 589 g/mol. The van der Waals surface area contributed by atoms with Gasteiger partial charge in [-0.1, -0.05) is 6.07 Å². The lowest BCUT2D eigenvalue weighted by atomic mass is 10.0. The number of benzene rings is 2. The van der Waals surface area contributed by atoms with E-state index < -0.39 is 26.0 Å². The summed E-state index contributed by atoms with van der Waals surface area (Å²) in [5, 5.41) is 6.98. The largest absolute Gasteiger partial charge is 0.370 e. The Balaban J connectivity index is 1.94. The van der Waals surface area contributed by atoms with E-state index in [9.17, 15) is 21.4 Å². The molecule has 0 atom stereocenters. The van der Waals surface area contributed by atoms with Crippen molar-refractivity contribution in [1.82, 2.24) is 25.7 Å². The van der Waals surface area contributed by atoms with Gasteiger partial charge in [0.05, 0.1) is 37.4 Å². The molecule has 3 rings (SSSR count). The van der Waals surface area contributed by atoms with Crippen LogP contribution in [0.4, 0.5) is 17.6 Å². The lowest BCUT2D eigenvalue weighted by Crippen LogP contribution is -2.29. The number of methoxy groups -OCH3 is 1. The maximum Gasteiger partial charge on any atom is 0.296 e. The Labute approximate surface area is 224 Å². The molecular weight excluding hydrogens is 562 g/mol. The summed E-state index contributed by atoms with van der Waals surface area (Å²) >= 11 is 0.868. The smallest absolute Gasteiger partial charge is 0.296 e. The van der Waals surface area contributed by atoms with Gasteiger partial charge in [-0.15, -0.1) is 0 Å². The molecule has 0 spiro atoms. The number of fused-ring (bicyclic) bond motifs is 1. The number of anilines is 3. The van der Waals surface area contributed by atoms with Crippen LogP contribution in [-0.4, -0.2) is 78.1 Å². The van der Waals surface area contributed by atoms with Gasteiger partial charge in [0, 0.05) is 26.9 Å². The van der Waals surface area contributed by atoms with Crippen LogP contribution in [0.2, 0.25) is 0 Å². The van der Waals surface area contributed by atoms with Crippen LogP contribution in [0.5, 0.6) is 0 Å². The maximum absolute atomic E-state index is 12.2. The van der Waals surface area contributed by atoms with Crippen LogP contribution in [0.1, 0.15) is 5.56 Å².